The van der Waals surface area contributed by atoms with Gasteiger partial charge in [-0.05, 0) is 46.7 Å². The Kier molecular flexibility index (Phi) is 2.70. The van der Waals surface area contributed by atoms with Crippen LogP contribution >= 0.6 is 11.3 Å². The van der Waals surface area contributed by atoms with Gasteiger partial charge in [-0.25, -0.2) is 0 Å². The third-order valence-corrected chi connectivity index (χ3v) is 2.72. The Bertz CT molecular complexity index is 378. The van der Waals surface area contributed by atoms with Gasteiger partial charge in [0.2, 0.25) is 0 Å². The van der Waals surface area contributed by atoms with Crippen LogP contribution in [0.3, 0.4) is 0 Å². The molecule has 0 radical (unpaired) electrons. The molecule has 0 aliphatic rings. The first-order valence-corrected chi connectivity index (χ1v) is 5.39. The number of thiophene rings is 1. The summed E-state index contributed by atoms with van der Waals surface area (Å²) in [5, 5.41) is 7.55. The molecule has 14 heavy (non-hydrogen) atoms. The topological polar surface area (TPSA) is 38.0 Å². The van der Waals surface area contributed by atoms with E-state index < -0.39 is 0 Å². The van der Waals surface area contributed by atoms with Crippen molar-refractivity contribution in [2.45, 2.75) is 6.54 Å². The predicted molar refractivity (Wildman–Crippen MR) is 62.5 cm³/mol. The van der Waals surface area contributed by atoms with E-state index in [2.05, 4.69) is 22.1 Å². The van der Waals surface area contributed by atoms with Crippen LogP contribution in [-0.4, -0.2) is 0 Å². The number of benzene rings is 1. The second-order valence-corrected chi connectivity index (χ2v) is 3.89. The molecule has 0 amide bonds. The Morgan fingerprint density at radius 2 is 1.93 bits per heavy atom. The first-order valence-electron chi connectivity index (χ1n) is 4.45. The van der Waals surface area contributed by atoms with Crippen LogP contribution in [0.5, 0.6) is 0 Å². The number of anilines is 2. The van der Waals surface area contributed by atoms with Crippen molar-refractivity contribution in [2.24, 2.45) is 0 Å². The second-order valence-electron chi connectivity index (χ2n) is 3.11. The van der Waals surface area contributed by atoms with Gasteiger partial charge in [0.15, 0.2) is 0 Å². The highest BCUT2D eigenvalue weighted by molar-refractivity contribution is 7.07. The molecule has 3 N–H and O–H groups in total. The second kappa shape index (κ2) is 4.15. The average molecular weight is 204 g/mol. The summed E-state index contributed by atoms with van der Waals surface area (Å²) < 4.78 is 0. The first kappa shape index (κ1) is 9.09. The van der Waals surface area contributed by atoms with Crippen LogP contribution in [0.25, 0.3) is 0 Å². The zero-order chi connectivity index (χ0) is 9.80. The van der Waals surface area contributed by atoms with Crippen LogP contribution < -0.4 is 11.1 Å². The highest BCUT2D eigenvalue weighted by atomic mass is 32.1. The van der Waals surface area contributed by atoms with E-state index in [0.29, 0.717) is 0 Å². The van der Waals surface area contributed by atoms with E-state index in [1.807, 2.05) is 24.3 Å². The van der Waals surface area contributed by atoms with Gasteiger partial charge in [0.05, 0.1) is 0 Å². The van der Waals surface area contributed by atoms with Crippen LogP contribution in [0.4, 0.5) is 11.4 Å². The molecule has 2 rings (SSSR count). The maximum absolute atomic E-state index is 5.59. The van der Waals surface area contributed by atoms with E-state index in [1.165, 1.54) is 5.56 Å². The Morgan fingerprint density at radius 3 is 2.57 bits per heavy atom. The molecule has 2 aromatic rings. The third-order valence-electron chi connectivity index (χ3n) is 1.99. The summed E-state index contributed by atoms with van der Waals surface area (Å²) in [6.07, 6.45) is 0. The van der Waals surface area contributed by atoms with Gasteiger partial charge < -0.3 is 11.1 Å². The lowest BCUT2D eigenvalue weighted by Gasteiger charge is -2.04. The summed E-state index contributed by atoms with van der Waals surface area (Å²) in [5.74, 6) is 0. The molecule has 0 fully saturated rings. The lowest BCUT2D eigenvalue weighted by Crippen LogP contribution is -1.97. The lowest BCUT2D eigenvalue weighted by molar-refractivity contribution is 1.16. The van der Waals surface area contributed by atoms with Crippen LogP contribution in [-0.2, 0) is 6.54 Å². The Balaban J connectivity index is 1.95. The van der Waals surface area contributed by atoms with Crippen LogP contribution in [0.2, 0.25) is 0 Å². The molecule has 1 aromatic carbocycles. The third kappa shape index (κ3) is 2.26. The van der Waals surface area contributed by atoms with Crippen LogP contribution in [0.15, 0.2) is 41.1 Å². The summed E-state index contributed by atoms with van der Waals surface area (Å²) in [5.41, 5.74) is 8.80. The minimum absolute atomic E-state index is 0.797. The van der Waals surface area contributed by atoms with Crippen molar-refractivity contribution in [1.82, 2.24) is 0 Å². The minimum Gasteiger partial charge on any atom is -0.399 e. The normalized spacial score (nSPS) is 10.0. The minimum atomic E-state index is 0.797. The number of hydrogen-bond acceptors (Lipinski definition) is 3. The van der Waals surface area contributed by atoms with Crippen molar-refractivity contribution >= 4 is 22.7 Å². The van der Waals surface area contributed by atoms with Crippen molar-refractivity contribution in [3.63, 3.8) is 0 Å². The Hall–Kier alpha value is -1.48. The maximum atomic E-state index is 5.59. The lowest BCUT2D eigenvalue weighted by atomic mass is 10.2. The van der Waals surface area contributed by atoms with Gasteiger partial charge in [-0.15, -0.1) is 0 Å². The molecule has 1 heterocycles. The molecular formula is C11H12N2S. The van der Waals surface area contributed by atoms with E-state index in [9.17, 15) is 0 Å². The summed E-state index contributed by atoms with van der Waals surface area (Å²) in [7, 11) is 0. The van der Waals surface area contributed by atoms with E-state index in [-0.39, 0.29) is 0 Å². The first-order chi connectivity index (χ1) is 6.84. The van der Waals surface area contributed by atoms with E-state index >= 15 is 0 Å². The van der Waals surface area contributed by atoms with Gasteiger partial charge in [0.1, 0.15) is 0 Å². The number of rotatable bonds is 3. The smallest absolute Gasteiger partial charge is 0.0409 e. The largest absolute Gasteiger partial charge is 0.399 e. The molecule has 2 nitrogen and oxygen atoms in total. The zero-order valence-electron chi connectivity index (χ0n) is 7.73. The fraction of sp³-hybridized carbons (Fsp3) is 0.0909. The predicted octanol–water partition coefficient (Wildman–Crippen LogP) is 2.94. The van der Waals surface area contributed by atoms with E-state index in [0.717, 1.165) is 17.9 Å². The van der Waals surface area contributed by atoms with Gasteiger partial charge in [0, 0.05) is 17.9 Å². The summed E-state index contributed by atoms with van der Waals surface area (Å²) in [6, 6.07) is 9.89. The van der Waals surface area contributed by atoms with Gasteiger partial charge in [0.25, 0.3) is 0 Å². The average Bonchev–Trinajstić information content (AvgIpc) is 2.70. The summed E-state index contributed by atoms with van der Waals surface area (Å²) >= 11 is 1.72. The zero-order valence-corrected chi connectivity index (χ0v) is 8.55. The fourth-order valence-corrected chi connectivity index (χ4v) is 1.87. The van der Waals surface area contributed by atoms with Gasteiger partial charge in [-0.2, -0.15) is 11.3 Å². The van der Waals surface area contributed by atoms with Crippen molar-refractivity contribution in [1.29, 1.82) is 0 Å². The standard InChI is InChI=1S/C11H12N2S/c12-10-1-3-11(4-2-10)13-7-9-5-6-14-8-9/h1-6,8,13H,7,12H2. The Morgan fingerprint density at radius 1 is 1.14 bits per heavy atom. The van der Waals surface area contributed by atoms with E-state index in [4.69, 9.17) is 5.73 Å². The highest BCUT2D eigenvalue weighted by Crippen LogP contribution is 2.13. The van der Waals surface area contributed by atoms with Crippen molar-refractivity contribution in [2.75, 3.05) is 11.1 Å². The quantitative estimate of drug-likeness (QED) is 0.754. The number of nitrogens with one attached hydrogen (secondary N) is 1. The molecule has 0 saturated heterocycles. The van der Waals surface area contributed by atoms with Gasteiger partial charge in [-0.1, -0.05) is 0 Å². The van der Waals surface area contributed by atoms with Gasteiger partial charge >= 0.3 is 0 Å². The molecular weight excluding hydrogens is 192 g/mol. The number of hydrogen-bond donors (Lipinski definition) is 2. The molecule has 0 aliphatic heterocycles. The summed E-state index contributed by atoms with van der Waals surface area (Å²) in [6.45, 7) is 0.868. The van der Waals surface area contributed by atoms with Crippen molar-refractivity contribution < 1.29 is 0 Å². The number of nitrogen functional groups attached to an aromatic ring is 1. The molecule has 3 heteroatoms. The fourth-order valence-electron chi connectivity index (χ4n) is 1.20. The molecule has 0 spiro atoms. The summed E-state index contributed by atoms with van der Waals surface area (Å²) in [4.78, 5) is 0. The number of nitrogens with two attached hydrogens (primary N) is 1. The van der Waals surface area contributed by atoms with Crippen molar-refractivity contribution in [3.05, 3.63) is 46.7 Å². The van der Waals surface area contributed by atoms with Crippen LogP contribution in [0.1, 0.15) is 5.56 Å². The molecule has 0 aliphatic carbocycles. The molecule has 0 unspecified atom stereocenters. The maximum Gasteiger partial charge on any atom is 0.0409 e. The molecule has 0 atom stereocenters. The molecule has 1 aromatic heterocycles. The molecule has 72 valence electrons. The van der Waals surface area contributed by atoms with E-state index in [1.54, 1.807) is 11.3 Å². The molecule has 0 bridgehead atoms. The Labute approximate surface area is 87.4 Å². The molecule has 0 saturated carbocycles. The van der Waals surface area contributed by atoms with Crippen LogP contribution in [0, 0.1) is 0 Å². The SMILES string of the molecule is Nc1ccc(NCc2ccsc2)cc1. The van der Waals surface area contributed by atoms with Crippen molar-refractivity contribution in [3.8, 4) is 0 Å². The van der Waals surface area contributed by atoms with Gasteiger partial charge in [-0.3, -0.25) is 0 Å². The highest BCUT2D eigenvalue weighted by Gasteiger charge is 1.93. The monoisotopic (exact) mass is 204 g/mol.